The first-order valence-corrected chi connectivity index (χ1v) is 5.81. The van der Waals surface area contributed by atoms with Gasteiger partial charge in [0, 0.05) is 17.8 Å². The lowest BCUT2D eigenvalue weighted by atomic mass is 10.0. The second kappa shape index (κ2) is 6.24. The molecule has 0 saturated heterocycles. The molecule has 3 N–H and O–H groups in total. The van der Waals surface area contributed by atoms with Crippen molar-refractivity contribution in [1.29, 1.82) is 0 Å². The summed E-state index contributed by atoms with van der Waals surface area (Å²) in [6.07, 6.45) is 0.501. The Morgan fingerprint density at radius 1 is 1.53 bits per heavy atom. The highest BCUT2D eigenvalue weighted by atomic mass is 19.1. The number of nitrogens with zero attached hydrogens (tertiary/aromatic N) is 1. The molecule has 0 spiro atoms. The number of halogens is 1. The molecule has 0 aliphatic carbocycles. The molecule has 1 atom stereocenters. The van der Waals surface area contributed by atoms with Crippen molar-refractivity contribution in [2.75, 3.05) is 5.32 Å². The van der Waals surface area contributed by atoms with Gasteiger partial charge in [0.2, 0.25) is 11.7 Å². The van der Waals surface area contributed by atoms with E-state index >= 15 is 0 Å². The number of nitro benzene ring substituents is 1. The number of carbonyl (C=O) groups is 1. The zero-order valence-electron chi connectivity index (χ0n) is 10.7. The highest BCUT2D eigenvalue weighted by molar-refractivity contribution is 5.94. The van der Waals surface area contributed by atoms with Gasteiger partial charge in [0.15, 0.2) is 0 Å². The summed E-state index contributed by atoms with van der Waals surface area (Å²) in [5.41, 5.74) is 5.18. The van der Waals surface area contributed by atoms with Crippen molar-refractivity contribution < 1.29 is 14.1 Å². The summed E-state index contributed by atoms with van der Waals surface area (Å²) in [5.74, 6) is -1.18. The standard InChI is InChI=1S/C12H16FN3O3/c1-7(2)5-10(14)12(17)15-8-3-4-11(16(18)19)9(13)6-8/h3-4,6-7,10H,5,14H2,1-2H3,(H,15,17)/t10-/m1/s1. The number of anilines is 1. The molecule has 7 heteroatoms. The fourth-order valence-electron chi connectivity index (χ4n) is 1.58. The maximum Gasteiger partial charge on any atom is 0.304 e. The molecule has 1 rings (SSSR count). The van der Waals surface area contributed by atoms with Gasteiger partial charge in [0.1, 0.15) is 0 Å². The Hall–Kier alpha value is -2.02. The van der Waals surface area contributed by atoms with Crippen LogP contribution >= 0.6 is 0 Å². The normalized spacial score (nSPS) is 12.3. The number of rotatable bonds is 5. The van der Waals surface area contributed by atoms with Crippen molar-refractivity contribution in [2.24, 2.45) is 11.7 Å². The topological polar surface area (TPSA) is 98.3 Å². The molecule has 0 heterocycles. The van der Waals surface area contributed by atoms with E-state index in [0.717, 1.165) is 12.1 Å². The molecule has 1 amide bonds. The first kappa shape index (κ1) is 15.0. The molecule has 0 aliphatic rings. The quantitative estimate of drug-likeness (QED) is 0.631. The molecule has 1 aromatic carbocycles. The lowest BCUT2D eigenvalue weighted by Gasteiger charge is -2.14. The maximum atomic E-state index is 13.3. The third-order valence-electron chi connectivity index (χ3n) is 2.47. The van der Waals surface area contributed by atoms with E-state index in [1.807, 2.05) is 13.8 Å². The van der Waals surface area contributed by atoms with E-state index in [4.69, 9.17) is 5.73 Å². The fourth-order valence-corrected chi connectivity index (χ4v) is 1.58. The van der Waals surface area contributed by atoms with Crippen LogP contribution in [0.2, 0.25) is 0 Å². The molecule has 0 aromatic heterocycles. The molecule has 6 nitrogen and oxygen atoms in total. The highest BCUT2D eigenvalue weighted by Crippen LogP contribution is 2.21. The largest absolute Gasteiger partial charge is 0.325 e. The molecule has 0 unspecified atom stereocenters. The van der Waals surface area contributed by atoms with Crippen LogP contribution in [0, 0.1) is 21.8 Å². The van der Waals surface area contributed by atoms with Crippen LogP contribution in [0.1, 0.15) is 20.3 Å². The minimum atomic E-state index is -1.000. The number of hydrogen-bond donors (Lipinski definition) is 2. The minimum absolute atomic E-state index is 0.146. The summed E-state index contributed by atoms with van der Waals surface area (Å²) >= 11 is 0. The monoisotopic (exact) mass is 269 g/mol. The van der Waals surface area contributed by atoms with Crippen LogP contribution < -0.4 is 11.1 Å². The maximum absolute atomic E-state index is 13.3. The number of carbonyl (C=O) groups excluding carboxylic acids is 1. The molecule has 104 valence electrons. The Morgan fingerprint density at radius 2 is 2.16 bits per heavy atom. The van der Waals surface area contributed by atoms with Crippen LogP contribution in [0.4, 0.5) is 15.8 Å². The van der Waals surface area contributed by atoms with Gasteiger partial charge in [0.05, 0.1) is 11.0 Å². The Labute approximate surface area is 109 Å². The van der Waals surface area contributed by atoms with Gasteiger partial charge >= 0.3 is 5.69 Å². The summed E-state index contributed by atoms with van der Waals surface area (Å²) in [6, 6.07) is 2.47. The Morgan fingerprint density at radius 3 is 2.63 bits per heavy atom. The molecule has 1 aromatic rings. The lowest BCUT2D eigenvalue weighted by molar-refractivity contribution is -0.387. The van der Waals surface area contributed by atoms with Crippen molar-refractivity contribution in [3.8, 4) is 0 Å². The summed E-state index contributed by atoms with van der Waals surface area (Å²) < 4.78 is 13.3. The summed E-state index contributed by atoms with van der Waals surface area (Å²) in [6.45, 7) is 3.86. The summed E-state index contributed by atoms with van der Waals surface area (Å²) in [7, 11) is 0. The van der Waals surface area contributed by atoms with Gasteiger partial charge in [-0.25, -0.2) is 0 Å². The van der Waals surface area contributed by atoms with E-state index in [1.165, 1.54) is 6.07 Å². The van der Waals surface area contributed by atoms with Gasteiger partial charge < -0.3 is 11.1 Å². The number of nitrogens with one attached hydrogen (secondary N) is 1. The van der Waals surface area contributed by atoms with Gasteiger partial charge in [0.25, 0.3) is 0 Å². The third-order valence-corrected chi connectivity index (χ3v) is 2.47. The van der Waals surface area contributed by atoms with Crippen LogP contribution in [0.15, 0.2) is 18.2 Å². The minimum Gasteiger partial charge on any atom is -0.325 e. The zero-order chi connectivity index (χ0) is 14.6. The number of nitrogens with two attached hydrogens (primary N) is 1. The van der Waals surface area contributed by atoms with Crippen LogP contribution in [0.3, 0.4) is 0 Å². The fraction of sp³-hybridized carbons (Fsp3) is 0.417. The number of hydrogen-bond acceptors (Lipinski definition) is 4. The van der Waals surface area contributed by atoms with Crippen molar-refractivity contribution in [2.45, 2.75) is 26.3 Å². The Balaban J connectivity index is 2.75. The lowest BCUT2D eigenvalue weighted by Crippen LogP contribution is -2.36. The average molecular weight is 269 g/mol. The summed E-state index contributed by atoms with van der Waals surface area (Å²) in [4.78, 5) is 21.3. The Bertz CT molecular complexity index is 491. The predicted octanol–water partition coefficient (Wildman–Crippen LogP) is 2.05. The molecule has 0 saturated carbocycles. The predicted molar refractivity (Wildman–Crippen MR) is 69.1 cm³/mol. The highest BCUT2D eigenvalue weighted by Gasteiger charge is 2.18. The van der Waals surface area contributed by atoms with Crippen LogP contribution in [-0.2, 0) is 4.79 Å². The zero-order valence-corrected chi connectivity index (χ0v) is 10.7. The van der Waals surface area contributed by atoms with Gasteiger partial charge in [-0.05, 0) is 18.4 Å². The van der Waals surface area contributed by atoms with E-state index in [1.54, 1.807) is 0 Å². The molecular weight excluding hydrogens is 253 g/mol. The molecule has 19 heavy (non-hydrogen) atoms. The molecule has 0 bridgehead atoms. The van der Waals surface area contributed by atoms with Gasteiger partial charge in [-0.15, -0.1) is 0 Å². The van der Waals surface area contributed by atoms with Crippen molar-refractivity contribution in [1.82, 2.24) is 0 Å². The van der Waals surface area contributed by atoms with E-state index < -0.39 is 28.4 Å². The molecular formula is C12H16FN3O3. The smallest absolute Gasteiger partial charge is 0.304 e. The SMILES string of the molecule is CC(C)C[C@@H](N)C(=O)Nc1ccc([N+](=O)[O-])c(F)c1. The van der Waals surface area contributed by atoms with E-state index in [-0.39, 0.29) is 11.6 Å². The van der Waals surface area contributed by atoms with E-state index in [2.05, 4.69) is 5.32 Å². The molecule has 0 aliphatic heterocycles. The van der Waals surface area contributed by atoms with Gasteiger partial charge in [-0.1, -0.05) is 13.8 Å². The van der Waals surface area contributed by atoms with E-state index in [9.17, 15) is 19.3 Å². The van der Waals surface area contributed by atoms with Gasteiger partial charge in [-0.3, -0.25) is 14.9 Å². The molecule has 0 fully saturated rings. The summed E-state index contributed by atoms with van der Waals surface area (Å²) in [5, 5.41) is 12.9. The first-order chi connectivity index (χ1) is 8.81. The Kier molecular flexibility index (Phi) is 4.94. The number of benzene rings is 1. The van der Waals surface area contributed by atoms with Gasteiger partial charge in [-0.2, -0.15) is 4.39 Å². The van der Waals surface area contributed by atoms with Crippen molar-refractivity contribution >= 4 is 17.3 Å². The number of nitro groups is 1. The second-order valence-corrected chi connectivity index (χ2v) is 4.65. The second-order valence-electron chi connectivity index (χ2n) is 4.65. The number of amides is 1. The third kappa shape index (κ3) is 4.29. The van der Waals surface area contributed by atoms with Crippen LogP contribution in [0.5, 0.6) is 0 Å². The van der Waals surface area contributed by atoms with Crippen molar-refractivity contribution in [3.63, 3.8) is 0 Å². The van der Waals surface area contributed by atoms with Crippen LogP contribution in [-0.4, -0.2) is 16.9 Å². The average Bonchev–Trinajstić information content (AvgIpc) is 2.27. The van der Waals surface area contributed by atoms with Crippen LogP contribution in [0.25, 0.3) is 0 Å². The van der Waals surface area contributed by atoms with Crippen molar-refractivity contribution in [3.05, 3.63) is 34.1 Å². The molecule has 0 radical (unpaired) electrons. The van der Waals surface area contributed by atoms with E-state index in [0.29, 0.717) is 6.42 Å². The first-order valence-electron chi connectivity index (χ1n) is 5.81.